The summed E-state index contributed by atoms with van der Waals surface area (Å²) in [5.74, 6) is 2.44. The van der Waals surface area contributed by atoms with Crippen molar-refractivity contribution in [2.75, 3.05) is 18.8 Å². The number of fused-ring (bicyclic) bond motifs is 1. The van der Waals surface area contributed by atoms with Crippen molar-refractivity contribution >= 4 is 15.9 Å². The van der Waals surface area contributed by atoms with Crippen LogP contribution in [0.2, 0.25) is 0 Å². The van der Waals surface area contributed by atoms with Crippen LogP contribution >= 0.6 is 0 Å². The number of nitrogens with zero attached hydrogens (tertiary/aromatic N) is 2. The highest BCUT2D eigenvalue weighted by Gasteiger charge is 2.33. The third-order valence-corrected chi connectivity index (χ3v) is 6.42. The number of ether oxygens (including phenoxy) is 1. The minimum atomic E-state index is -3.33. The minimum absolute atomic E-state index is 0.0340. The van der Waals surface area contributed by atoms with Crippen LogP contribution in [0.25, 0.3) is 0 Å². The van der Waals surface area contributed by atoms with E-state index in [-0.39, 0.29) is 11.7 Å². The molecule has 1 atom stereocenters. The Morgan fingerprint density at radius 3 is 2.37 bits per heavy atom. The smallest absolute Gasteiger partial charge is 0.256 e. The SMILES string of the molecule is CCc1ccc(Oc2ccc([C@@H]3CCCN4CCS(=O)(=O)N=C34)cc2)cc1. The minimum Gasteiger partial charge on any atom is -0.457 e. The molecule has 0 saturated carbocycles. The molecule has 142 valence electrons. The molecule has 0 aliphatic carbocycles. The predicted molar refractivity (Wildman–Crippen MR) is 107 cm³/mol. The molecular weight excluding hydrogens is 360 g/mol. The lowest BCUT2D eigenvalue weighted by Gasteiger charge is -2.37. The average Bonchev–Trinajstić information content (AvgIpc) is 2.68. The largest absolute Gasteiger partial charge is 0.457 e. The first-order valence-electron chi connectivity index (χ1n) is 9.48. The van der Waals surface area contributed by atoms with E-state index in [4.69, 9.17) is 4.74 Å². The molecule has 5 nitrogen and oxygen atoms in total. The van der Waals surface area contributed by atoms with Gasteiger partial charge in [-0.1, -0.05) is 31.2 Å². The third kappa shape index (κ3) is 4.00. The zero-order chi connectivity index (χ0) is 18.9. The first kappa shape index (κ1) is 18.0. The third-order valence-electron chi connectivity index (χ3n) is 5.26. The monoisotopic (exact) mass is 384 g/mol. The summed E-state index contributed by atoms with van der Waals surface area (Å²) in [5.41, 5.74) is 2.37. The van der Waals surface area contributed by atoms with Crippen LogP contribution in [0.1, 0.15) is 36.8 Å². The van der Waals surface area contributed by atoms with Crippen LogP contribution < -0.4 is 4.74 Å². The molecule has 0 N–H and O–H groups in total. The van der Waals surface area contributed by atoms with E-state index in [2.05, 4.69) is 28.4 Å². The van der Waals surface area contributed by atoms with E-state index >= 15 is 0 Å². The van der Waals surface area contributed by atoms with Crippen LogP contribution in [0.3, 0.4) is 0 Å². The van der Waals surface area contributed by atoms with Crippen LogP contribution in [0.5, 0.6) is 11.5 Å². The van der Waals surface area contributed by atoms with Gasteiger partial charge in [-0.15, -0.1) is 4.40 Å². The first-order valence-corrected chi connectivity index (χ1v) is 11.1. The van der Waals surface area contributed by atoms with Gasteiger partial charge in [0, 0.05) is 19.0 Å². The zero-order valence-corrected chi connectivity index (χ0v) is 16.3. The average molecular weight is 385 g/mol. The molecule has 0 spiro atoms. The van der Waals surface area contributed by atoms with Crippen LogP contribution in [-0.4, -0.2) is 38.0 Å². The molecule has 1 fully saturated rings. The van der Waals surface area contributed by atoms with Crippen molar-refractivity contribution in [2.45, 2.75) is 32.1 Å². The Kier molecular flexibility index (Phi) is 4.91. The maximum atomic E-state index is 12.0. The number of hydrogen-bond acceptors (Lipinski definition) is 4. The van der Waals surface area contributed by atoms with E-state index in [0.717, 1.165) is 42.9 Å². The van der Waals surface area contributed by atoms with Crippen molar-refractivity contribution in [3.63, 3.8) is 0 Å². The predicted octanol–water partition coefficient (Wildman–Crippen LogP) is 3.96. The molecule has 0 unspecified atom stereocenters. The number of sulfonamides is 1. The number of hydrogen-bond donors (Lipinski definition) is 0. The van der Waals surface area contributed by atoms with Gasteiger partial charge < -0.3 is 9.64 Å². The molecule has 4 rings (SSSR count). The molecule has 0 amide bonds. The van der Waals surface area contributed by atoms with Gasteiger partial charge in [-0.2, -0.15) is 0 Å². The molecule has 27 heavy (non-hydrogen) atoms. The summed E-state index contributed by atoms with van der Waals surface area (Å²) in [5, 5.41) is 0. The van der Waals surface area contributed by atoms with Gasteiger partial charge in [0.25, 0.3) is 10.0 Å². The number of piperidine rings is 1. The Balaban J connectivity index is 1.53. The topological polar surface area (TPSA) is 59.0 Å². The first-order chi connectivity index (χ1) is 13.0. The summed E-state index contributed by atoms with van der Waals surface area (Å²) >= 11 is 0. The lowest BCUT2D eigenvalue weighted by Crippen LogP contribution is -2.46. The van der Waals surface area contributed by atoms with Gasteiger partial charge in [0.05, 0.1) is 5.75 Å². The quantitative estimate of drug-likeness (QED) is 0.800. The van der Waals surface area contributed by atoms with Gasteiger partial charge >= 0.3 is 0 Å². The van der Waals surface area contributed by atoms with E-state index in [1.165, 1.54) is 5.56 Å². The molecule has 2 aromatic rings. The van der Waals surface area contributed by atoms with E-state index in [1.54, 1.807) is 0 Å². The zero-order valence-electron chi connectivity index (χ0n) is 15.5. The van der Waals surface area contributed by atoms with Crippen molar-refractivity contribution in [2.24, 2.45) is 4.40 Å². The Morgan fingerprint density at radius 1 is 1.04 bits per heavy atom. The highest BCUT2D eigenvalue weighted by atomic mass is 32.2. The molecule has 0 radical (unpaired) electrons. The van der Waals surface area contributed by atoms with Gasteiger partial charge in [-0.3, -0.25) is 0 Å². The summed E-state index contributed by atoms with van der Waals surface area (Å²) in [7, 11) is -3.33. The Morgan fingerprint density at radius 2 is 1.70 bits per heavy atom. The van der Waals surface area contributed by atoms with Crippen molar-refractivity contribution in [3.8, 4) is 11.5 Å². The Bertz CT molecular complexity index is 934. The fourth-order valence-electron chi connectivity index (χ4n) is 3.72. The van der Waals surface area contributed by atoms with E-state index < -0.39 is 10.0 Å². The van der Waals surface area contributed by atoms with Crippen molar-refractivity contribution in [3.05, 3.63) is 59.7 Å². The van der Waals surface area contributed by atoms with Gasteiger partial charge in [0.1, 0.15) is 17.3 Å². The molecule has 2 aromatic carbocycles. The molecule has 2 aliphatic rings. The highest BCUT2D eigenvalue weighted by Crippen LogP contribution is 2.33. The molecule has 2 heterocycles. The van der Waals surface area contributed by atoms with Crippen molar-refractivity contribution in [1.29, 1.82) is 0 Å². The van der Waals surface area contributed by atoms with Gasteiger partial charge in [0.15, 0.2) is 0 Å². The maximum absolute atomic E-state index is 12.0. The molecule has 1 saturated heterocycles. The molecular formula is C21H24N2O3S. The van der Waals surface area contributed by atoms with Crippen LogP contribution in [-0.2, 0) is 16.4 Å². The molecule has 0 aromatic heterocycles. The second-order valence-electron chi connectivity index (χ2n) is 7.09. The Labute approximate surface area is 160 Å². The lowest BCUT2D eigenvalue weighted by molar-refractivity contribution is 0.366. The fraction of sp³-hybridized carbons (Fsp3) is 0.381. The summed E-state index contributed by atoms with van der Waals surface area (Å²) in [4.78, 5) is 2.12. The van der Waals surface area contributed by atoms with E-state index in [0.29, 0.717) is 12.4 Å². The molecule has 6 heteroatoms. The molecule has 0 bridgehead atoms. The van der Waals surface area contributed by atoms with Gasteiger partial charge in [-0.05, 0) is 54.7 Å². The normalized spacial score (nSPS) is 21.3. The van der Waals surface area contributed by atoms with E-state index in [9.17, 15) is 8.42 Å². The summed E-state index contributed by atoms with van der Waals surface area (Å²) in [6, 6.07) is 16.0. The van der Waals surface area contributed by atoms with Crippen molar-refractivity contribution < 1.29 is 13.2 Å². The number of aryl methyl sites for hydroxylation is 1. The van der Waals surface area contributed by atoms with E-state index in [1.807, 2.05) is 36.4 Å². The highest BCUT2D eigenvalue weighted by molar-refractivity contribution is 7.90. The van der Waals surface area contributed by atoms with Crippen LogP contribution in [0.15, 0.2) is 52.9 Å². The second kappa shape index (κ2) is 7.35. The fourth-order valence-corrected chi connectivity index (χ4v) is 4.80. The number of amidine groups is 1. The molecule has 2 aliphatic heterocycles. The van der Waals surface area contributed by atoms with Crippen LogP contribution in [0, 0.1) is 0 Å². The summed E-state index contributed by atoms with van der Waals surface area (Å²) in [6.45, 7) is 3.56. The van der Waals surface area contributed by atoms with Gasteiger partial charge in [0.2, 0.25) is 0 Å². The number of rotatable bonds is 4. The maximum Gasteiger partial charge on any atom is 0.256 e. The summed E-state index contributed by atoms with van der Waals surface area (Å²) in [6.07, 6.45) is 2.97. The van der Waals surface area contributed by atoms with Crippen LogP contribution in [0.4, 0.5) is 0 Å². The second-order valence-corrected chi connectivity index (χ2v) is 8.84. The summed E-state index contributed by atoms with van der Waals surface area (Å²) < 4.78 is 33.9. The number of benzene rings is 2. The van der Waals surface area contributed by atoms with Gasteiger partial charge in [-0.25, -0.2) is 8.42 Å². The standard InChI is InChI=1S/C21H24N2O3S/c1-2-16-5-9-18(10-6-16)26-19-11-7-17(8-12-19)20-4-3-13-23-14-15-27(24,25)22-21(20)23/h5-12,20H,2-4,13-15H2,1H3/t20-/m0/s1. The lowest BCUT2D eigenvalue weighted by atomic mass is 9.89. The Hall–Kier alpha value is -2.34. The van der Waals surface area contributed by atoms with Crippen molar-refractivity contribution in [1.82, 2.24) is 4.90 Å².